The van der Waals surface area contributed by atoms with Crippen molar-refractivity contribution in [3.8, 4) is 11.9 Å². The number of carbonyl (C=O) groups is 1. The van der Waals surface area contributed by atoms with Gasteiger partial charge < -0.3 is 4.74 Å². The molecule has 1 amide bonds. The van der Waals surface area contributed by atoms with Crippen LogP contribution in [0.1, 0.15) is 31.0 Å². The Kier molecular flexibility index (Phi) is 4.63. The molecule has 112 valence electrons. The molecule has 7 heteroatoms. The lowest BCUT2D eigenvalue weighted by atomic mass is 10.0. The maximum Gasteiger partial charge on any atom is 0.418 e. The van der Waals surface area contributed by atoms with E-state index in [2.05, 4.69) is 15.5 Å². The van der Waals surface area contributed by atoms with Gasteiger partial charge in [-0.25, -0.2) is 9.18 Å². The average Bonchev–Trinajstić information content (AvgIpc) is 2.50. The second kappa shape index (κ2) is 6.63. The number of nitrogens with one attached hydrogen (secondary N) is 1. The van der Waals surface area contributed by atoms with E-state index in [0.717, 1.165) is 5.56 Å². The average molecular weight is 300 g/mol. The highest BCUT2D eigenvalue weighted by Crippen LogP contribution is 2.21. The lowest BCUT2D eigenvalue weighted by molar-refractivity contribution is 0.212. The molecule has 0 saturated carbocycles. The van der Waals surface area contributed by atoms with Crippen molar-refractivity contribution < 1.29 is 13.9 Å². The SMILES string of the molecule is CC(C)c1ccc(NC(=O)Oc2ccc(C#N)nn2)c(F)c1. The predicted molar refractivity (Wildman–Crippen MR) is 76.9 cm³/mol. The Morgan fingerprint density at radius 2 is 2.09 bits per heavy atom. The molecule has 0 aliphatic carbocycles. The van der Waals surface area contributed by atoms with Gasteiger partial charge >= 0.3 is 6.09 Å². The fourth-order valence-corrected chi connectivity index (χ4v) is 1.66. The van der Waals surface area contributed by atoms with Gasteiger partial charge in [0.05, 0.1) is 5.69 Å². The van der Waals surface area contributed by atoms with E-state index in [1.54, 1.807) is 12.1 Å². The van der Waals surface area contributed by atoms with Crippen molar-refractivity contribution in [1.82, 2.24) is 10.2 Å². The molecule has 0 saturated heterocycles. The molecule has 0 aliphatic rings. The summed E-state index contributed by atoms with van der Waals surface area (Å²) < 4.78 is 18.7. The van der Waals surface area contributed by atoms with Gasteiger partial charge in [-0.05, 0) is 29.7 Å². The minimum atomic E-state index is -0.893. The number of hydrogen-bond acceptors (Lipinski definition) is 5. The second-order valence-corrected chi connectivity index (χ2v) is 4.78. The monoisotopic (exact) mass is 300 g/mol. The van der Waals surface area contributed by atoms with Crippen LogP contribution in [0.25, 0.3) is 0 Å². The smallest absolute Gasteiger partial charge is 0.389 e. The second-order valence-electron chi connectivity index (χ2n) is 4.78. The van der Waals surface area contributed by atoms with Crippen LogP contribution in [-0.4, -0.2) is 16.3 Å². The molecular weight excluding hydrogens is 287 g/mol. The van der Waals surface area contributed by atoms with Crippen LogP contribution in [-0.2, 0) is 0 Å². The molecule has 0 unspecified atom stereocenters. The summed E-state index contributed by atoms with van der Waals surface area (Å²) >= 11 is 0. The van der Waals surface area contributed by atoms with Crippen molar-refractivity contribution in [2.75, 3.05) is 5.32 Å². The van der Waals surface area contributed by atoms with E-state index < -0.39 is 11.9 Å². The van der Waals surface area contributed by atoms with E-state index in [0.29, 0.717) is 0 Å². The highest BCUT2D eigenvalue weighted by molar-refractivity contribution is 5.86. The Bertz CT molecular complexity index is 723. The quantitative estimate of drug-likeness (QED) is 0.940. The standard InChI is InChI=1S/C15H13FN4O2/c1-9(2)10-3-5-13(12(16)7-10)18-15(21)22-14-6-4-11(8-17)19-20-14/h3-7,9H,1-2H3,(H,18,21). The Morgan fingerprint density at radius 1 is 1.32 bits per heavy atom. The molecule has 0 bridgehead atoms. The number of hydrogen-bond donors (Lipinski definition) is 1. The molecule has 0 fully saturated rings. The van der Waals surface area contributed by atoms with Gasteiger partial charge in [-0.2, -0.15) is 5.26 Å². The maximum atomic E-state index is 13.9. The minimum absolute atomic E-state index is 0.0102. The summed E-state index contributed by atoms with van der Waals surface area (Å²) in [5.74, 6) is -0.450. The van der Waals surface area contributed by atoms with Crippen LogP contribution in [0.2, 0.25) is 0 Å². The van der Waals surface area contributed by atoms with Crippen molar-refractivity contribution >= 4 is 11.8 Å². The summed E-state index contributed by atoms with van der Waals surface area (Å²) in [6.07, 6.45) is -0.893. The molecule has 2 rings (SSSR count). The summed E-state index contributed by atoms with van der Waals surface area (Å²) in [6, 6.07) is 9.03. The van der Waals surface area contributed by atoms with Gasteiger partial charge in [-0.1, -0.05) is 19.9 Å². The minimum Gasteiger partial charge on any atom is -0.389 e. The summed E-state index contributed by atoms with van der Waals surface area (Å²) in [5.41, 5.74) is 0.938. The number of benzene rings is 1. The third kappa shape index (κ3) is 3.76. The summed E-state index contributed by atoms with van der Waals surface area (Å²) in [5, 5.41) is 17.9. The van der Waals surface area contributed by atoms with Crippen LogP contribution in [0.3, 0.4) is 0 Å². The zero-order valence-corrected chi connectivity index (χ0v) is 12.0. The molecule has 2 aromatic rings. The van der Waals surface area contributed by atoms with Crippen LogP contribution >= 0.6 is 0 Å². The Balaban J connectivity index is 2.04. The predicted octanol–water partition coefficient (Wildman–Crippen LogP) is 3.22. The summed E-state index contributed by atoms with van der Waals surface area (Å²) in [6.45, 7) is 3.89. The van der Waals surface area contributed by atoms with Crippen molar-refractivity contribution in [3.05, 3.63) is 47.4 Å². The number of carbonyl (C=O) groups excluding carboxylic acids is 1. The molecule has 1 aromatic heterocycles. The fraction of sp³-hybridized carbons (Fsp3) is 0.200. The van der Waals surface area contributed by atoms with Crippen LogP contribution in [0.4, 0.5) is 14.9 Å². The number of nitrogens with zero attached hydrogens (tertiary/aromatic N) is 3. The number of nitriles is 1. The van der Waals surface area contributed by atoms with Gasteiger partial charge in [-0.15, -0.1) is 10.2 Å². The summed E-state index contributed by atoms with van der Waals surface area (Å²) in [4.78, 5) is 11.7. The van der Waals surface area contributed by atoms with Gasteiger partial charge in [0.25, 0.3) is 0 Å². The number of halogens is 1. The van der Waals surface area contributed by atoms with E-state index in [1.807, 2.05) is 13.8 Å². The van der Waals surface area contributed by atoms with Crippen molar-refractivity contribution in [2.45, 2.75) is 19.8 Å². The molecule has 0 aliphatic heterocycles. The van der Waals surface area contributed by atoms with Gasteiger partial charge in [0.2, 0.25) is 5.88 Å². The van der Waals surface area contributed by atoms with Gasteiger partial charge in [-0.3, -0.25) is 5.32 Å². The molecule has 1 aromatic carbocycles. The highest BCUT2D eigenvalue weighted by atomic mass is 19.1. The molecule has 1 heterocycles. The highest BCUT2D eigenvalue weighted by Gasteiger charge is 2.11. The lowest BCUT2D eigenvalue weighted by Gasteiger charge is -2.09. The number of amides is 1. The van der Waals surface area contributed by atoms with Crippen LogP contribution in [0.15, 0.2) is 30.3 Å². The van der Waals surface area contributed by atoms with E-state index in [4.69, 9.17) is 10.00 Å². The third-order valence-corrected chi connectivity index (χ3v) is 2.85. The van der Waals surface area contributed by atoms with Crippen molar-refractivity contribution in [2.24, 2.45) is 0 Å². The molecular formula is C15H13FN4O2. The Labute approximate surface area is 126 Å². The van der Waals surface area contributed by atoms with Crippen molar-refractivity contribution in [1.29, 1.82) is 5.26 Å². The van der Waals surface area contributed by atoms with Crippen LogP contribution in [0, 0.1) is 17.1 Å². The van der Waals surface area contributed by atoms with E-state index in [9.17, 15) is 9.18 Å². The first kappa shape index (κ1) is 15.4. The first-order valence-electron chi connectivity index (χ1n) is 6.51. The first-order chi connectivity index (χ1) is 10.5. The lowest BCUT2D eigenvalue weighted by Crippen LogP contribution is -2.18. The van der Waals surface area contributed by atoms with Gasteiger partial charge in [0, 0.05) is 6.07 Å². The third-order valence-electron chi connectivity index (χ3n) is 2.85. The molecule has 0 spiro atoms. The maximum absolute atomic E-state index is 13.9. The van der Waals surface area contributed by atoms with Crippen LogP contribution in [0.5, 0.6) is 5.88 Å². The van der Waals surface area contributed by atoms with E-state index in [1.165, 1.54) is 24.3 Å². The molecule has 0 radical (unpaired) electrons. The molecule has 1 N–H and O–H groups in total. The first-order valence-corrected chi connectivity index (χ1v) is 6.51. The number of rotatable bonds is 3. The number of aromatic nitrogens is 2. The van der Waals surface area contributed by atoms with Crippen LogP contribution < -0.4 is 10.1 Å². The molecule has 0 atom stereocenters. The van der Waals surface area contributed by atoms with Gasteiger partial charge in [0.15, 0.2) is 5.69 Å². The Hall–Kier alpha value is -3.01. The topological polar surface area (TPSA) is 87.9 Å². The van der Waals surface area contributed by atoms with E-state index in [-0.39, 0.29) is 23.2 Å². The molecule has 22 heavy (non-hydrogen) atoms. The molecule has 6 nitrogen and oxygen atoms in total. The number of anilines is 1. The Morgan fingerprint density at radius 3 is 2.64 bits per heavy atom. The number of ether oxygens (including phenoxy) is 1. The zero-order chi connectivity index (χ0) is 16.1. The van der Waals surface area contributed by atoms with Gasteiger partial charge in [0.1, 0.15) is 11.9 Å². The largest absolute Gasteiger partial charge is 0.418 e. The van der Waals surface area contributed by atoms with Crippen molar-refractivity contribution in [3.63, 3.8) is 0 Å². The summed E-state index contributed by atoms with van der Waals surface area (Å²) in [7, 11) is 0. The normalized spacial score (nSPS) is 10.1. The zero-order valence-electron chi connectivity index (χ0n) is 12.0. The fourth-order valence-electron chi connectivity index (χ4n) is 1.66. The van der Waals surface area contributed by atoms with E-state index >= 15 is 0 Å².